The molecule has 0 spiro atoms. The third-order valence-corrected chi connectivity index (χ3v) is 5.12. The highest BCUT2D eigenvalue weighted by Crippen LogP contribution is 2.05. The third kappa shape index (κ3) is 11.8. The van der Waals surface area contributed by atoms with E-state index in [9.17, 15) is 28.8 Å². The first-order valence-electron chi connectivity index (χ1n) is 9.42. The Balaban J connectivity index is 5.50. The van der Waals surface area contributed by atoms with Crippen LogP contribution in [0.15, 0.2) is 0 Å². The first-order valence-corrected chi connectivity index (χ1v) is 11.4. The van der Waals surface area contributed by atoms with Gasteiger partial charge in [-0.25, -0.2) is 4.79 Å². The summed E-state index contributed by atoms with van der Waals surface area (Å²) < 4.78 is 0. The number of carbonyl (C=O) groups is 6. The van der Waals surface area contributed by atoms with Gasteiger partial charge in [0, 0.05) is 12.2 Å². The zero-order valence-electron chi connectivity index (χ0n) is 17.4. The summed E-state index contributed by atoms with van der Waals surface area (Å²) in [5.74, 6) is -5.74. The van der Waals surface area contributed by atoms with Crippen LogP contribution in [0.2, 0.25) is 0 Å². The van der Waals surface area contributed by atoms with E-state index in [0.29, 0.717) is 5.75 Å². The van der Waals surface area contributed by atoms with Crippen LogP contribution in [0, 0.1) is 0 Å². The van der Waals surface area contributed by atoms with Crippen molar-refractivity contribution in [3.05, 3.63) is 0 Å². The number of carbonyl (C=O) groups excluding carboxylic acids is 4. The Labute approximate surface area is 194 Å². The van der Waals surface area contributed by atoms with Crippen molar-refractivity contribution in [1.82, 2.24) is 16.0 Å². The summed E-state index contributed by atoms with van der Waals surface area (Å²) in [6.07, 6.45) is 0.492. The van der Waals surface area contributed by atoms with Crippen LogP contribution in [0.4, 0.5) is 0 Å². The van der Waals surface area contributed by atoms with E-state index in [4.69, 9.17) is 21.7 Å². The molecule has 9 N–H and O–H groups in total. The lowest BCUT2D eigenvalue weighted by atomic mass is 10.1. The molecular formula is C17H29N5O8S2. The van der Waals surface area contributed by atoms with Gasteiger partial charge in [0.15, 0.2) is 0 Å². The predicted octanol–water partition coefficient (Wildman–Crippen LogP) is -2.72. The smallest absolute Gasteiger partial charge is 0.326 e. The van der Waals surface area contributed by atoms with Gasteiger partial charge in [0.05, 0.1) is 12.5 Å². The Morgan fingerprint density at radius 1 is 0.906 bits per heavy atom. The molecule has 4 amide bonds. The molecular weight excluding hydrogens is 466 g/mol. The molecule has 0 radical (unpaired) electrons. The van der Waals surface area contributed by atoms with Crippen molar-refractivity contribution in [1.29, 1.82) is 0 Å². The minimum Gasteiger partial charge on any atom is -0.481 e. The first kappa shape index (κ1) is 29.5. The molecule has 0 heterocycles. The Hall–Kier alpha value is -2.52. The van der Waals surface area contributed by atoms with Crippen LogP contribution in [-0.4, -0.2) is 87.7 Å². The normalized spacial score (nSPS) is 14.3. The monoisotopic (exact) mass is 495 g/mol. The Morgan fingerprint density at radius 2 is 1.41 bits per heavy atom. The first-order chi connectivity index (χ1) is 14.9. The molecule has 0 aromatic carbocycles. The van der Waals surface area contributed by atoms with Gasteiger partial charge >= 0.3 is 11.9 Å². The summed E-state index contributed by atoms with van der Waals surface area (Å²) in [6, 6.07) is -5.20. The second kappa shape index (κ2) is 15.3. The zero-order valence-corrected chi connectivity index (χ0v) is 19.1. The number of nitrogens with two attached hydrogens (primary N) is 2. The predicted molar refractivity (Wildman–Crippen MR) is 119 cm³/mol. The fourth-order valence-electron chi connectivity index (χ4n) is 2.34. The molecule has 0 saturated carbocycles. The van der Waals surface area contributed by atoms with Gasteiger partial charge in [-0.15, -0.1) is 0 Å². The lowest BCUT2D eigenvalue weighted by Crippen LogP contribution is -2.57. The van der Waals surface area contributed by atoms with Gasteiger partial charge in [-0.2, -0.15) is 24.4 Å². The summed E-state index contributed by atoms with van der Waals surface area (Å²) in [5.41, 5.74) is 10.7. The zero-order chi connectivity index (χ0) is 24.8. The average molecular weight is 496 g/mol. The molecule has 0 aliphatic heterocycles. The van der Waals surface area contributed by atoms with Gasteiger partial charge in [0.2, 0.25) is 23.6 Å². The number of amides is 4. The number of carboxylic acid groups (broad SMARTS) is 2. The standard InChI is InChI=1S/C17H29N5O8S2/c1-32-5-4-10(20-14(26)8(18)7-31)16(28)21-9(2-3-12(19)23)15(27)22-11(17(29)30)6-13(24)25/h8-11,31H,2-7,18H2,1H3,(H2,19,23)(H,20,26)(H,21,28)(H,22,27)(H,24,25)(H,29,30). The second-order valence-corrected chi connectivity index (χ2v) is 8.05. The van der Waals surface area contributed by atoms with Gasteiger partial charge in [-0.05, 0) is 24.9 Å². The third-order valence-electron chi connectivity index (χ3n) is 4.08. The van der Waals surface area contributed by atoms with Crippen molar-refractivity contribution in [3.8, 4) is 0 Å². The number of primary amides is 1. The Kier molecular flexibility index (Phi) is 14.1. The van der Waals surface area contributed by atoms with Crippen LogP contribution in [0.25, 0.3) is 0 Å². The quantitative estimate of drug-likeness (QED) is 0.103. The molecule has 0 rings (SSSR count). The van der Waals surface area contributed by atoms with Crippen LogP contribution >= 0.6 is 24.4 Å². The summed E-state index contributed by atoms with van der Waals surface area (Å²) in [5, 5.41) is 24.8. The molecule has 182 valence electrons. The van der Waals surface area contributed by atoms with E-state index in [1.54, 1.807) is 6.26 Å². The van der Waals surface area contributed by atoms with E-state index in [1.165, 1.54) is 11.8 Å². The minimum absolute atomic E-state index is 0.0342. The molecule has 32 heavy (non-hydrogen) atoms. The molecule has 0 aliphatic rings. The van der Waals surface area contributed by atoms with Crippen molar-refractivity contribution in [2.75, 3.05) is 17.8 Å². The maximum absolute atomic E-state index is 12.8. The molecule has 4 unspecified atom stereocenters. The lowest BCUT2D eigenvalue weighted by molar-refractivity contribution is -0.147. The summed E-state index contributed by atoms with van der Waals surface area (Å²) in [4.78, 5) is 70.6. The SMILES string of the molecule is CSCCC(NC(=O)C(N)CS)C(=O)NC(CCC(N)=O)C(=O)NC(CC(=O)O)C(=O)O. The van der Waals surface area contributed by atoms with E-state index in [1.807, 2.05) is 5.32 Å². The van der Waals surface area contributed by atoms with Crippen molar-refractivity contribution in [2.45, 2.75) is 49.9 Å². The van der Waals surface area contributed by atoms with E-state index in [0.717, 1.165) is 0 Å². The molecule has 0 bridgehead atoms. The number of hydrogen-bond acceptors (Lipinski definition) is 9. The molecule has 0 aromatic heterocycles. The molecule has 13 nitrogen and oxygen atoms in total. The fraction of sp³-hybridized carbons (Fsp3) is 0.647. The average Bonchev–Trinajstić information content (AvgIpc) is 2.71. The number of hydrogen-bond donors (Lipinski definition) is 8. The molecule has 0 fully saturated rings. The maximum Gasteiger partial charge on any atom is 0.326 e. The number of thiol groups is 1. The van der Waals surface area contributed by atoms with Gasteiger partial charge < -0.3 is 37.6 Å². The van der Waals surface area contributed by atoms with E-state index in [-0.39, 0.29) is 25.0 Å². The molecule has 15 heteroatoms. The highest BCUT2D eigenvalue weighted by Gasteiger charge is 2.31. The minimum atomic E-state index is -1.76. The van der Waals surface area contributed by atoms with Crippen LogP contribution in [0.3, 0.4) is 0 Å². The van der Waals surface area contributed by atoms with Gasteiger partial charge in [0.1, 0.15) is 18.1 Å². The molecule has 0 aliphatic carbocycles. The van der Waals surface area contributed by atoms with Gasteiger partial charge in [-0.3, -0.25) is 24.0 Å². The van der Waals surface area contributed by atoms with Crippen molar-refractivity contribution >= 4 is 60.0 Å². The molecule has 4 atom stereocenters. The Bertz CT molecular complexity index is 708. The summed E-state index contributed by atoms with van der Waals surface area (Å²) >= 11 is 5.33. The van der Waals surface area contributed by atoms with E-state index in [2.05, 4.69) is 23.3 Å². The highest BCUT2D eigenvalue weighted by molar-refractivity contribution is 7.98. The van der Waals surface area contributed by atoms with Crippen molar-refractivity contribution < 1.29 is 39.0 Å². The summed E-state index contributed by atoms with van der Waals surface area (Å²) in [7, 11) is 0. The maximum atomic E-state index is 12.8. The van der Waals surface area contributed by atoms with Crippen LogP contribution in [0.5, 0.6) is 0 Å². The largest absolute Gasteiger partial charge is 0.481 e. The van der Waals surface area contributed by atoms with Crippen LogP contribution in [0.1, 0.15) is 25.7 Å². The van der Waals surface area contributed by atoms with E-state index < -0.39 is 66.2 Å². The number of rotatable bonds is 16. The lowest BCUT2D eigenvalue weighted by Gasteiger charge is -2.24. The fourth-order valence-corrected chi connectivity index (χ4v) is 2.98. The topological polar surface area (TPSA) is 231 Å². The highest BCUT2D eigenvalue weighted by atomic mass is 32.2. The number of nitrogens with one attached hydrogen (secondary N) is 3. The number of carboxylic acids is 2. The number of aliphatic carboxylic acids is 2. The van der Waals surface area contributed by atoms with E-state index >= 15 is 0 Å². The van der Waals surface area contributed by atoms with Gasteiger partial charge in [-0.1, -0.05) is 0 Å². The van der Waals surface area contributed by atoms with Crippen LogP contribution in [-0.2, 0) is 28.8 Å². The van der Waals surface area contributed by atoms with Crippen LogP contribution < -0.4 is 27.4 Å². The number of thioether (sulfide) groups is 1. The molecule has 0 saturated heterocycles. The van der Waals surface area contributed by atoms with Gasteiger partial charge in [0.25, 0.3) is 0 Å². The van der Waals surface area contributed by atoms with Crippen molar-refractivity contribution in [2.24, 2.45) is 11.5 Å². The molecule has 0 aromatic rings. The van der Waals surface area contributed by atoms with Crippen molar-refractivity contribution in [3.63, 3.8) is 0 Å². The summed E-state index contributed by atoms with van der Waals surface area (Å²) in [6.45, 7) is 0. The second-order valence-electron chi connectivity index (χ2n) is 6.70. The Morgan fingerprint density at radius 3 is 1.84 bits per heavy atom.